The van der Waals surface area contributed by atoms with E-state index in [4.69, 9.17) is 15.2 Å². The molecule has 132 valence electrons. The summed E-state index contributed by atoms with van der Waals surface area (Å²) in [5.41, 5.74) is 6.69. The van der Waals surface area contributed by atoms with Crippen LogP contribution in [0.4, 0.5) is 0 Å². The third-order valence-corrected chi connectivity index (χ3v) is 5.17. The van der Waals surface area contributed by atoms with Crippen molar-refractivity contribution in [3.63, 3.8) is 0 Å². The van der Waals surface area contributed by atoms with Crippen molar-refractivity contribution in [3.8, 4) is 11.5 Å². The summed E-state index contributed by atoms with van der Waals surface area (Å²) in [4.78, 5) is 0. The number of sulfonamides is 1. The molecule has 9 heteroatoms. The molecule has 0 radical (unpaired) electrons. The Morgan fingerprint density at radius 1 is 1.50 bits per heavy atom. The summed E-state index contributed by atoms with van der Waals surface area (Å²) in [5, 5.41) is 5.28. The first-order valence-corrected chi connectivity index (χ1v) is 9.55. The SMILES string of the molecule is CCS(=O)(=O)NCC1COc2ccc3cnn(C[C@H](C)N)c3c2O1. The van der Waals surface area contributed by atoms with Gasteiger partial charge in [0.1, 0.15) is 18.2 Å². The molecule has 0 bridgehead atoms. The standard InChI is InChI=1S/C15H22N4O4S/c1-3-24(20,21)18-7-12-9-22-13-5-4-11-6-17-19(8-10(2)16)14(11)15(13)23-12/h4-6,10,12,18H,3,7-9,16H2,1-2H3/t10-,12?/m0/s1. The number of nitrogens with zero attached hydrogens (tertiary/aromatic N) is 2. The Morgan fingerprint density at radius 3 is 3.00 bits per heavy atom. The topological polar surface area (TPSA) is 108 Å². The van der Waals surface area contributed by atoms with Crippen molar-refractivity contribution in [1.29, 1.82) is 0 Å². The Kier molecular flexibility index (Phi) is 4.66. The number of nitrogens with one attached hydrogen (secondary N) is 1. The van der Waals surface area contributed by atoms with Gasteiger partial charge in [0.25, 0.3) is 0 Å². The van der Waals surface area contributed by atoms with Gasteiger partial charge >= 0.3 is 0 Å². The number of aromatic nitrogens is 2. The van der Waals surface area contributed by atoms with Crippen molar-refractivity contribution >= 4 is 20.9 Å². The molecule has 0 amide bonds. The molecule has 0 aliphatic carbocycles. The lowest BCUT2D eigenvalue weighted by atomic mass is 10.2. The van der Waals surface area contributed by atoms with Gasteiger partial charge in [-0.25, -0.2) is 13.1 Å². The quantitative estimate of drug-likeness (QED) is 0.780. The van der Waals surface area contributed by atoms with Gasteiger partial charge in [0.15, 0.2) is 11.5 Å². The average molecular weight is 354 g/mol. The van der Waals surface area contributed by atoms with Crippen LogP contribution in [0, 0.1) is 0 Å². The second-order valence-electron chi connectivity index (χ2n) is 5.94. The smallest absolute Gasteiger partial charge is 0.211 e. The minimum Gasteiger partial charge on any atom is -0.486 e. The molecule has 1 unspecified atom stereocenters. The Hall–Kier alpha value is -1.84. The maximum absolute atomic E-state index is 11.6. The summed E-state index contributed by atoms with van der Waals surface area (Å²) in [6.07, 6.45) is 1.35. The van der Waals surface area contributed by atoms with Crippen LogP contribution in [0.3, 0.4) is 0 Å². The van der Waals surface area contributed by atoms with Crippen LogP contribution in [-0.2, 0) is 16.6 Å². The molecule has 1 aliphatic rings. The second-order valence-corrected chi connectivity index (χ2v) is 8.03. The third kappa shape index (κ3) is 3.47. The van der Waals surface area contributed by atoms with Gasteiger partial charge in [0, 0.05) is 11.4 Å². The van der Waals surface area contributed by atoms with Gasteiger partial charge in [-0.1, -0.05) is 0 Å². The Labute approximate surface area is 141 Å². The molecule has 1 aliphatic heterocycles. The summed E-state index contributed by atoms with van der Waals surface area (Å²) >= 11 is 0. The fraction of sp³-hybridized carbons (Fsp3) is 0.533. The van der Waals surface area contributed by atoms with Crippen LogP contribution in [0.2, 0.25) is 0 Å². The number of hydrogen-bond acceptors (Lipinski definition) is 6. The molecule has 8 nitrogen and oxygen atoms in total. The normalized spacial score (nSPS) is 18.7. The summed E-state index contributed by atoms with van der Waals surface area (Å²) in [7, 11) is -3.27. The molecule has 2 aromatic rings. The van der Waals surface area contributed by atoms with E-state index in [0.29, 0.717) is 18.0 Å². The van der Waals surface area contributed by atoms with Crippen LogP contribution in [0.25, 0.3) is 10.9 Å². The van der Waals surface area contributed by atoms with E-state index < -0.39 is 16.1 Å². The fourth-order valence-electron chi connectivity index (χ4n) is 2.57. The molecule has 2 atom stereocenters. The molecule has 1 aromatic heterocycles. The number of hydrogen-bond donors (Lipinski definition) is 2. The van der Waals surface area contributed by atoms with Crippen LogP contribution >= 0.6 is 0 Å². The minimum absolute atomic E-state index is 0.0303. The maximum Gasteiger partial charge on any atom is 0.211 e. The van der Waals surface area contributed by atoms with Crippen molar-refractivity contribution in [1.82, 2.24) is 14.5 Å². The Balaban J connectivity index is 1.87. The highest BCUT2D eigenvalue weighted by atomic mass is 32.2. The van der Waals surface area contributed by atoms with Crippen molar-refractivity contribution in [2.45, 2.75) is 32.5 Å². The summed E-state index contributed by atoms with van der Waals surface area (Å²) in [6.45, 7) is 4.49. The lowest BCUT2D eigenvalue weighted by molar-refractivity contribution is 0.0957. The number of benzene rings is 1. The van der Waals surface area contributed by atoms with E-state index in [0.717, 1.165) is 10.9 Å². The maximum atomic E-state index is 11.6. The minimum atomic E-state index is -3.27. The first-order chi connectivity index (χ1) is 11.4. The molecule has 24 heavy (non-hydrogen) atoms. The third-order valence-electron chi connectivity index (χ3n) is 3.80. The van der Waals surface area contributed by atoms with Crippen LogP contribution in [0.15, 0.2) is 18.3 Å². The predicted octanol–water partition coefficient (Wildman–Crippen LogP) is 0.463. The van der Waals surface area contributed by atoms with E-state index in [-0.39, 0.29) is 24.9 Å². The van der Waals surface area contributed by atoms with E-state index in [1.165, 1.54) is 0 Å². The highest BCUT2D eigenvalue weighted by molar-refractivity contribution is 7.89. The lowest BCUT2D eigenvalue weighted by Crippen LogP contribution is -2.41. The van der Waals surface area contributed by atoms with Crippen LogP contribution in [-0.4, -0.2) is 49.2 Å². The van der Waals surface area contributed by atoms with Gasteiger partial charge in [-0.15, -0.1) is 0 Å². The Bertz CT molecular complexity index is 831. The Morgan fingerprint density at radius 2 is 2.29 bits per heavy atom. The second kappa shape index (κ2) is 6.58. The zero-order valence-electron chi connectivity index (χ0n) is 13.7. The average Bonchev–Trinajstić information content (AvgIpc) is 2.95. The van der Waals surface area contributed by atoms with Crippen LogP contribution < -0.4 is 19.9 Å². The van der Waals surface area contributed by atoms with Crippen molar-refractivity contribution in [2.75, 3.05) is 18.9 Å². The number of nitrogens with two attached hydrogens (primary N) is 1. The van der Waals surface area contributed by atoms with Gasteiger partial charge in [-0.2, -0.15) is 5.10 Å². The molecule has 0 spiro atoms. The summed E-state index contributed by atoms with van der Waals surface area (Å²) in [6, 6.07) is 3.70. The van der Waals surface area contributed by atoms with Gasteiger partial charge in [0.05, 0.1) is 25.0 Å². The molecular formula is C15H22N4O4S. The highest BCUT2D eigenvalue weighted by Crippen LogP contribution is 2.38. The lowest BCUT2D eigenvalue weighted by Gasteiger charge is -2.27. The number of ether oxygens (including phenoxy) is 2. The number of rotatable bonds is 6. The highest BCUT2D eigenvalue weighted by Gasteiger charge is 2.26. The molecule has 0 saturated heterocycles. The molecule has 2 heterocycles. The summed E-state index contributed by atoms with van der Waals surface area (Å²) < 4.78 is 39.3. The molecule has 0 fully saturated rings. The first-order valence-electron chi connectivity index (χ1n) is 7.90. The van der Waals surface area contributed by atoms with Crippen molar-refractivity contribution < 1.29 is 17.9 Å². The fourth-order valence-corrected chi connectivity index (χ4v) is 3.22. The van der Waals surface area contributed by atoms with Gasteiger partial charge in [-0.05, 0) is 26.0 Å². The van der Waals surface area contributed by atoms with Crippen molar-refractivity contribution in [2.24, 2.45) is 5.73 Å². The molecule has 3 N–H and O–H groups in total. The van der Waals surface area contributed by atoms with E-state index in [1.807, 2.05) is 19.1 Å². The van der Waals surface area contributed by atoms with E-state index in [9.17, 15) is 8.42 Å². The molecule has 0 saturated carbocycles. The zero-order chi connectivity index (χ0) is 17.3. The van der Waals surface area contributed by atoms with Crippen LogP contribution in [0.5, 0.6) is 11.5 Å². The summed E-state index contributed by atoms with van der Waals surface area (Å²) in [5.74, 6) is 1.24. The van der Waals surface area contributed by atoms with Crippen molar-refractivity contribution in [3.05, 3.63) is 18.3 Å². The van der Waals surface area contributed by atoms with E-state index >= 15 is 0 Å². The van der Waals surface area contributed by atoms with Gasteiger partial charge < -0.3 is 15.2 Å². The van der Waals surface area contributed by atoms with E-state index in [2.05, 4.69) is 9.82 Å². The predicted molar refractivity (Wildman–Crippen MR) is 90.8 cm³/mol. The van der Waals surface area contributed by atoms with E-state index in [1.54, 1.807) is 17.8 Å². The molecule has 3 rings (SSSR count). The van der Waals surface area contributed by atoms with Gasteiger partial charge in [-0.3, -0.25) is 4.68 Å². The largest absolute Gasteiger partial charge is 0.486 e. The monoisotopic (exact) mass is 354 g/mol. The molecular weight excluding hydrogens is 332 g/mol. The molecule has 1 aromatic carbocycles. The first kappa shape index (κ1) is 17.0. The van der Waals surface area contributed by atoms with Crippen LogP contribution in [0.1, 0.15) is 13.8 Å². The zero-order valence-corrected chi connectivity index (χ0v) is 14.5. The van der Waals surface area contributed by atoms with Gasteiger partial charge in [0.2, 0.25) is 10.0 Å². The number of fused-ring (bicyclic) bond motifs is 3.